The number of anilines is 2. The molecule has 4 heteroatoms. The summed E-state index contributed by atoms with van der Waals surface area (Å²) < 4.78 is 0. The van der Waals surface area contributed by atoms with Crippen LogP contribution in [0, 0.1) is 11.3 Å². The summed E-state index contributed by atoms with van der Waals surface area (Å²) in [6.45, 7) is 12.0. The van der Waals surface area contributed by atoms with Crippen molar-refractivity contribution in [3.05, 3.63) is 11.9 Å². The Morgan fingerprint density at radius 1 is 1.33 bits per heavy atom. The molecule has 1 aromatic heterocycles. The molecule has 0 amide bonds. The largest absolute Gasteiger partial charge is 0.383 e. The van der Waals surface area contributed by atoms with Gasteiger partial charge >= 0.3 is 0 Å². The quantitative estimate of drug-likeness (QED) is 0.843. The normalized spacial score (nSPS) is 13.4. The molecule has 0 aromatic carbocycles. The predicted octanol–water partition coefficient (Wildman–Crippen LogP) is 3.11. The highest BCUT2D eigenvalue weighted by atomic mass is 15.0. The molecule has 1 rings (SSSR count). The van der Waals surface area contributed by atoms with Crippen LogP contribution in [0.25, 0.3) is 0 Å². The van der Waals surface area contributed by atoms with Gasteiger partial charge in [-0.05, 0) is 17.8 Å². The lowest BCUT2D eigenvalue weighted by molar-refractivity contribution is 0.274. The van der Waals surface area contributed by atoms with Crippen LogP contribution in [0.15, 0.2) is 6.33 Å². The number of rotatable bonds is 5. The molecule has 0 saturated heterocycles. The predicted molar refractivity (Wildman–Crippen MR) is 77.5 cm³/mol. The van der Waals surface area contributed by atoms with Gasteiger partial charge in [-0.25, -0.2) is 9.97 Å². The van der Waals surface area contributed by atoms with Gasteiger partial charge in [0.15, 0.2) is 0 Å². The lowest BCUT2D eigenvalue weighted by Gasteiger charge is -2.27. The molecule has 4 nitrogen and oxygen atoms in total. The van der Waals surface area contributed by atoms with Crippen LogP contribution in [0.4, 0.5) is 11.6 Å². The Morgan fingerprint density at radius 2 is 2.00 bits per heavy atom. The Hall–Kier alpha value is -1.32. The molecule has 0 radical (unpaired) electrons. The van der Waals surface area contributed by atoms with Crippen molar-refractivity contribution in [3.63, 3.8) is 0 Å². The van der Waals surface area contributed by atoms with E-state index in [0.29, 0.717) is 11.7 Å². The number of nitrogens with two attached hydrogens (primary N) is 1. The summed E-state index contributed by atoms with van der Waals surface area (Å²) in [5.74, 6) is 2.04. The van der Waals surface area contributed by atoms with Crippen molar-refractivity contribution in [2.24, 2.45) is 11.3 Å². The lowest BCUT2D eigenvalue weighted by atomic mass is 9.82. The van der Waals surface area contributed by atoms with Gasteiger partial charge in [0.1, 0.15) is 18.0 Å². The fraction of sp³-hybridized carbons (Fsp3) is 0.714. The van der Waals surface area contributed by atoms with Crippen molar-refractivity contribution in [2.45, 2.75) is 47.5 Å². The first kappa shape index (κ1) is 14.7. The number of nitrogen functional groups attached to an aromatic ring is 1. The number of hydrogen-bond donors (Lipinski definition) is 2. The average molecular weight is 250 g/mol. The molecular weight excluding hydrogens is 224 g/mol. The van der Waals surface area contributed by atoms with E-state index in [1.54, 1.807) is 0 Å². The highest BCUT2D eigenvalue weighted by Gasteiger charge is 2.20. The fourth-order valence-corrected chi connectivity index (χ4v) is 1.63. The van der Waals surface area contributed by atoms with Gasteiger partial charge < -0.3 is 11.1 Å². The van der Waals surface area contributed by atoms with Gasteiger partial charge in [0.25, 0.3) is 0 Å². The maximum atomic E-state index is 5.91. The minimum absolute atomic E-state index is 0.288. The maximum Gasteiger partial charge on any atom is 0.134 e. The minimum atomic E-state index is 0.288. The van der Waals surface area contributed by atoms with Gasteiger partial charge in [0.2, 0.25) is 0 Å². The smallest absolute Gasteiger partial charge is 0.134 e. The lowest BCUT2D eigenvalue weighted by Crippen LogP contribution is -2.25. The van der Waals surface area contributed by atoms with Gasteiger partial charge in [-0.3, -0.25) is 0 Å². The van der Waals surface area contributed by atoms with E-state index in [0.717, 1.165) is 30.8 Å². The van der Waals surface area contributed by atoms with Crippen LogP contribution < -0.4 is 11.1 Å². The summed E-state index contributed by atoms with van der Waals surface area (Å²) in [7, 11) is 0. The molecule has 0 bridgehead atoms. The van der Waals surface area contributed by atoms with Crippen LogP contribution in [0.1, 0.15) is 46.6 Å². The van der Waals surface area contributed by atoms with E-state index in [9.17, 15) is 0 Å². The van der Waals surface area contributed by atoms with Crippen LogP contribution in [0.3, 0.4) is 0 Å². The number of hydrogen-bond acceptors (Lipinski definition) is 4. The molecule has 0 aliphatic carbocycles. The molecule has 0 aliphatic rings. The number of aromatic nitrogens is 2. The number of nitrogens with one attached hydrogen (secondary N) is 1. The second-order valence-corrected chi connectivity index (χ2v) is 5.98. The first-order valence-electron chi connectivity index (χ1n) is 6.69. The Morgan fingerprint density at radius 3 is 2.56 bits per heavy atom. The van der Waals surface area contributed by atoms with Crippen LogP contribution in [-0.4, -0.2) is 16.5 Å². The van der Waals surface area contributed by atoms with E-state index in [1.807, 2.05) is 0 Å². The van der Waals surface area contributed by atoms with Crippen LogP contribution in [0.2, 0.25) is 0 Å². The van der Waals surface area contributed by atoms with E-state index in [2.05, 4.69) is 49.9 Å². The Bertz CT molecular complexity index is 382. The third-order valence-corrected chi connectivity index (χ3v) is 3.53. The zero-order valence-corrected chi connectivity index (χ0v) is 12.2. The molecular formula is C14H26N4. The molecule has 1 heterocycles. The Labute approximate surface area is 110 Å². The van der Waals surface area contributed by atoms with Gasteiger partial charge in [-0.1, -0.05) is 41.0 Å². The fourth-order valence-electron chi connectivity index (χ4n) is 1.63. The SMILES string of the molecule is CCCc1c(N)ncnc1NCC(C)C(C)(C)C. The molecule has 3 N–H and O–H groups in total. The first-order chi connectivity index (χ1) is 8.36. The van der Waals surface area contributed by atoms with Crippen molar-refractivity contribution < 1.29 is 0 Å². The van der Waals surface area contributed by atoms with Gasteiger partial charge in [0, 0.05) is 12.1 Å². The number of nitrogens with zero attached hydrogens (tertiary/aromatic N) is 2. The Kier molecular flexibility index (Phi) is 4.93. The van der Waals surface area contributed by atoms with Gasteiger partial charge in [0.05, 0.1) is 0 Å². The highest BCUT2D eigenvalue weighted by Crippen LogP contribution is 2.26. The third-order valence-electron chi connectivity index (χ3n) is 3.53. The Balaban J connectivity index is 2.76. The maximum absolute atomic E-state index is 5.91. The summed E-state index contributed by atoms with van der Waals surface area (Å²) in [6, 6.07) is 0. The zero-order chi connectivity index (χ0) is 13.8. The summed E-state index contributed by atoms with van der Waals surface area (Å²) in [5, 5.41) is 3.41. The van der Waals surface area contributed by atoms with Crippen LogP contribution in [0.5, 0.6) is 0 Å². The van der Waals surface area contributed by atoms with E-state index >= 15 is 0 Å². The molecule has 0 spiro atoms. The van der Waals surface area contributed by atoms with Crippen molar-refractivity contribution >= 4 is 11.6 Å². The topological polar surface area (TPSA) is 63.8 Å². The molecule has 0 aliphatic heterocycles. The molecule has 0 saturated carbocycles. The van der Waals surface area contributed by atoms with E-state index < -0.39 is 0 Å². The van der Waals surface area contributed by atoms with E-state index in [1.165, 1.54) is 6.33 Å². The summed E-state index contributed by atoms with van der Waals surface area (Å²) in [6.07, 6.45) is 3.48. The summed E-state index contributed by atoms with van der Waals surface area (Å²) >= 11 is 0. The first-order valence-corrected chi connectivity index (χ1v) is 6.69. The summed E-state index contributed by atoms with van der Waals surface area (Å²) in [4.78, 5) is 8.37. The van der Waals surface area contributed by atoms with Crippen LogP contribution >= 0.6 is 0 Å². The zero-order valence-electron chi connectivity index (χ0n) is 12.2. The van der Waals surface area contributed by atoms with E-state index in [-0.39, 0.29) is 5.41 Å². The summed E-state index contributed by atoms with van der Waals surface area (Å²) in [5.41, 5.74) is 7.24. The minimum Gasteiger partial charge on any atom is -0.383 e. The molecule has 1 unspecified atom stereocenters. The van der Waals surface area contributed by atoms with Crippen LogP contribution in [-0.2, 0) is 6.42 Å². The monoisotopic (exact) mass is 250 g/mol. The van der Waals surface area contributed by atoms with Crippen molar-refractivity contribution in [2.75, 3.05) is 17.6 Å². The third kappa shape index (κ3) is 3.86. The molecule has 0 fully saturated rings. The second-order valence-electron chi connectivity index (χ2n) is 5.98. The molecule has 1 aromatic rings. The van der Waals surface area contributed by atoms with Crippen molar-refractivity contribution in [1.29, 1.82) is 0 Å². The highest BCUT2D eigenvalue weighted by molar-refractivity contribution is 5.54. The average Bonchev–Trinajstić information content (AvgIpc) is 2.28. The van der Waals surface area contributed by atoms with Gasteiger partial charge in [-0.15, -0.1) is 0 Å². The van der Waals surface area contributed by atoms with Gasteiger partial charge in [-0.2, -0.15) is 0 Å². The van der Waals surface area contributed by atoms with Crippen molar-refractivity contribution in [3.8, 4) is 0 Å². The van der Waals surface area contributed by atoms with E-state index in [4.69, 9.17) is 5.73 Å². The molecule has 18 heavy (non-hydrogen) atoms. The molecule has 1 atom stereocenters. The standard InChI is InChI=1S/C14H26N4/c1-6-7-11-12(15)17-9-18-13(11)16-8-10(2)14(3,4)5/h9-10H,6-8H2,1-5H3,(H3,15,16,17,18). The molecule has 102 valence electrons. The van der Waals surface area contributed by atoms with Crippen molar-refractivity contribution in [1.82, 2.24) is 9.97 Å². The second kappa shape index (κ2) is 6.03.